The number of carboxylic acids is 2. The van der Waals surface area contributed by atoms with Crippen LogP contribution in [0.3, 0.4) is 0 Å². The Labute approximate surface area is 588 Å². The van der Waals surface area contributed by atoms with E-state index in [1.54, 1.807) is 12.1 Å². The first-order valence-electron chi connectivity index (χ1n) is 32.8. The van der Waals surface area contributed by atoms with Gasteiger partial charge in [-0.1, -0.05) is 48.5 Å². The van der Waals surface area contributed by atoms with E-state index in [1.165, 1.54) is 0 Å². The number of nitrogens with one attached hydrogen (secondary N) is 4. The quantitative estimate of drug-likeness (QED) is 0.0376. The van der Waals surface area contributed by atoms with Gasteiger partial charge in [0.05, 0.1) is 51.8 Å². The van der Waals surface area contributed by atoms with Crippen LogP contribution in [0.25, 0.3) is 11.1 Å². The third-order valence-corrected chi connectivity index (χ3v) is 18.6. The van der Waals surface area contributed by atoms with Crippen LogP contribution in [-0.2, 0) is 85.6 Å². The largest absolute Gasteiger partial charge is 0.480 e. The average Bonchev–Trinajstić information content (AvgIpc) is 1.75. The van der Waals surface area contributed by atoms with Gasteiger partial charge in [0.25, 0.3) is 5.79 Å². The highest BCUT2D eigenvalue weighted by atomic mass is 16.8. The molecule has 23 N–H and O–H groups in total. The highest BCUT2D eigenvalue weighted by molar-refractivity contribution is 5.81. The zero-order chi connectivity index (χ0) is 76.1. The number of aliphatic carboxylic acids is 2. The van der Waals surface area contributed by atoms with E-state index in [0.717, 1.165) is 43.0 Å². The molecule has 6 aliphatic heterocycles. The van der Waals surface area contributed by atoms with Crippen LogP contribution in [0.4, 0.5) is 4.79 Å². The van der Waals surface area contributed by atoms with Crippen LogP contribution >= 0.6 is 0 Å². The molecule has 0 saturated carbocycles. The molecular weight excluding hydrogens is 1410 g/mol. The van der Waals surface area contributed by atoms with E-state index in [1.807, 2.05) is 36.4 Å². The lowest BCUT2D eigenvalue weighted by Crippen LogP contribution is -2.71. The van der Waals surface area contributed by atoms with Gasteiger partial charge in [0.2, 0.25) is 17.7 Å². The summed E-state index contributed by atoms with van der Waals surface area (Å²) in [7, 11) is 0. The van der Waals surface area contributed by atoms with E-state index < -0.39 is 284 Å². The van der Waals surface area contributed by atoms with E-state index in [0.29, 0.717) is 0 Å². The standard InChI is InChI=1S/C62H88N4O38/c1-20(71)63-35-29(74)12-62(60(89)90,103-50(35)38(76)30(75)13-67)104-52-40(78)32(15-69)96-59(47(52)85)100-49-33(16-70)97-56(37(65-22(3)73)51(49)101-58-46(84)43(81)44(82)54(88)102-58)93-19-34-48(99-57-45(83)42(80)39(77)31(14-68)95-57)41(79)36(64-21(2)72)55(98-34)92-18-28(53(86)87)66-61(91)94-17-27-25-10-6-4-8-23(25)24-9-5-7-11-26(24)27/h4-11,27-52,54-59,67-70,74-85,88H,12-19H2,1-3H3,(H,63,71)(H,64,72)(H,65,73)(H,66,91)(H,86,87)(H,89,90)/t28?,29-,30?,31+,32+,33+,34+,35+,36+,37+,38?,39-,40-,41+,42?,43+,44-,45+,46-,47+,48?,49+,50+,51+,52-,54+,55+,56?,57-,58?,59?,62-/m0/s1. The van der Waals surface area contributed by atoms with E-state index in [-0.39, 0.29) is 6.61 Å². The van der Waals surface area contributed by atoms with Crippen molar-refractivity contribution in [3.8, 4) is 11.1 Å². The van der Waals surface area contributed by atoms with Gasteiger partial charge in [-0.05, 0) is 22.3 Å². The molecule has 2 aromatic rings. The van der Waals surface area contributed by atoms with Crippen molar-refractivity contribution in [3.05, 3.63) is 59.7 Å². The molecule has 4 amide bonds. The second-order valence-electron chi connectivity index (χ2n) is 25.8. The predicted octanol–water partition coefficient (Wildman–Crippen LogP) is -11.5. The minimum atomic E-state index is -3.32. The Morgan fingerprint density at radius 3 is 1.59 bits per heavy atom. The molecule has 7 aliphatic rings. The summed E-state index contributed by atoms with van der Waals surface area (Å²) in [6.45, 7) is -4.32. The molecule has 0 spiro atoms. The number of alkyl carbamates (subject to hydrolysis) is 1. The molecule has 0 aromatic heterocycles. The van der Waals surface area contributed by atoms with Crippen LogP contribution in [0.5, 0.6) is 0 Å². The first-order chi connectivity index (χ1) is 49.3. The Hall–Kier alpha value is -6.10. The number of carbonyl (C=O) groups excluding carboxylic acids is 4. The topological polar surface area (TPSA) is 655 Å². The summed E-state index contributed by atoms with van der Waals surface area (Å²) in [4.78, 5) is 78.3. The summed E-state index contributed by atoms with van der Waals surface area (Å²) in [5.74, 6) is -10.5. The normalized spacial score (nSPS) is 39.6. The molecule has 0 bridgehead atoms. The lowest BCUT2D eigenvalue weighted by Gasteiger charge is -2.52. The van der Waals surface area contributed by atoms with Crippen LogP contribution in [0.15, 0.2) is 48.5 Å². The molecule has 9 rings (SSSR count). The minimum absolute atomic E-state index is 0.266. The van der Waals surface area contributed by atoms with Gasteiger partial charge in [-0.25, -0.2) is 14.4 Å². The first kappa shape index (κ1) is 82.0. The highest BCUT2D eigenvalue weighted by Crippen LogP contribution is 2.45. The van der Waals surface area contributed by atoms with Gasteiger partial charge >= 0.3 is 18.0 Å². The molecule has 1 aliphatic carbocycles. The molecule has 42 nitrogen and oxygen atoms in total. The molecular formula is C62H88N4O38. The van der Waals surface area contributed by atoms with Crippen LogP contribution in [0, 0.1) is 0 Å². The number of aliphatic hydroxyl groups excluding tert-OH is 17. The Bertz CT molecular complexity index is 3190. The maximum absolute atomic E-state index is 13.5. The minimum Gasteiger partial charge on any atom is -0.480 e. The van der Waals surface area contributed by atoms with Crippen molar-refractivity contribution in [2.24, 2.45) is 0 Å². The Morgan fingerprint density at radius 1 is 0.519 bits per heavy atom. The van der Waals surface area contributed by atoms with E-state index >= 15 is 0 Å². The number of amides is 4. The van der Waals surface area contributed by atoms with Crippen molar-refractivity contribution in [1.29, 1.82) is 0 Å². The zero-order valence-corrected chi connectivity index (χ0v) is 55.5. The smallest absolute Gasteiger partial charge is 0.407 e. The molecule has 8 unspecified atom stereocenters. The van der Waals surface area contributed by atoms with Crippen LogP contribution in [-0.4, -0.2) is 375 Å². The van der Waals surface area contributed by atoms with Crippen LogP contribution < -0.4 is 21.3 Å². The van der Waals surface area contributed by atoms with Gasteiger partial charge in [0, 0.05) is 33.1 Å². The summed E-state index contributed by atoms with van der Waals surface area (Å²) < 4.78 is 76.8. The fourth-order valence-corrected chi connectivity index (χ4v) is 13.4. The molecule has 6 heterocycles. The number of hydrogen-bond donors (Lipinski definition) is 23. The highest BCUT2D eigenvalue weighted by Gasteiger charge is 2.62. The van der Waals surface area contributed by atoms with Gasteiger partial charge < -0.3 is 180 Å². The zero-order valence-electron chi connectivity index (χ0n) is 55.5. The van der Waals surface area contributed by atoms with Crippen molar-refractivity contribution in [2.45, 2.75) is 229 Å². The van der Waals surface area contributed by atoms with Gasteiger partial charge in [-0.15, -0.1) is 0 Å². The van der Waals surface area contributed by atoms with E-state index in [2.05, 4.69) is 21.3 Å². The lowest BCUT2D eigenvalue weighted by molar-refractivity contribution is -0.398. The molecule has 0 radical (unpaired) electrons. The number of carbonyl (C=O) groups is 6. The van der Waals surface area contributed by atoms with Gasteiger partial charge in [-0.3, -0.25) is 14.4 Å². The second kappa shape index (κ2) is 35.3. The Balaban J connectivity index is 1.03. The van der Waals surface area contributed by atoms with Crippen molar-refractivity contribution < 1.29 is 187 Å². The summed E-state index contributed by atoms with van der Waals surface area (Å²) in [6, 6.07) is 7.04. The Kier molecular flexibility index (Phi) is 27.8. The second-order valence-corrected chi connectivity index (χ2v) is 25.8. The lowest BCUT2D eigenvalue weighted by atomic mass is 9.88. The summed E-state index contributed by atoms with van der Waals surface area (Å²) in [5.41, 5.74) is 3.41. The number of fused-ring (bicyclic) bond motifs is 3. The van der Waals surface area contributed by atoms with Crippen molar-refractivity contribution >= 4 is 35.8 Å². The number of aliphatic hydroxyl groups is 17. The predicted molar refractivity (Wildman–Crippen MR) is 330 cm³/mol. The molecule has 2 aromatic carbocycles. The number of carboxylic acid groups (broad SMARTS) is 2. The molecule has 6 saturated heterocycles. The number of rotatable bonds is 28. The van der Waals surface area contributed by atoms with E-state index in [4.69, 9.17) is 61.6 Å². The molecule has 6 fully saturated rings. The molecule has 42 heteroatoms. The number of hydrogen-bond acceptors (Lipinski definition) is 36. The molecule has 32 atom stereocenters. The first-order valence-corrected chi connectivity index (χ1v) is 32.8. The average molecular weight is 1500 g/mol. The summed E-state index contributed by atoms with van der Waals surface area (Å²) in [6.07, 6.45) is -61.7. The maximum atomic E-state index is 13.5. The van der Waals surface area contributed by atoms with Crippen molar-refractivity contribution in [3.63, 3.8) is 0 Å². The SMILES string of the molecule is CC(=O)N[C@@H]1[C@@H](O)C[C@](O[C@H]2[C@@H](O)[C@@H](CO)OC(O[C@H]3[C@H](OC4O[C@@H](O)[C@@H](O)[C@@H](O)[C@@H]4O)[C@@H](NC(C)=O)C(OC[C@H]4O[C@@H](OCC(NC(=O)OCC5c6ccccc6-c6ccccc65)C(=O)O)[C@H](NC(C)=O)[C@@H](O)C4O[C@@H]4O[C@H](CO)[C@H](O)C(O)[C@H]4O)O[C@@H]3CO)[C@@H]2O)(C(=O)O)O[C@H]1C(O)C(O)CO. The van der Waals surface area contributed by atoms with Crippen LogP contribution in [0.1, 0.15) is 44.2 Å². The monoisotopic (exact) mass is 1500 g/mol. The maximum Gasteiger partial charge on any atom is 0.407 e. The van der Waals surface area contributed by atoms with Crippen LogP contribution in [0.2, 0.25) is 0 Å². The van der Waals surface area contributed by atoms with Gasteiger partial charge in [0.1, 0.15) is 141 Å². The summed E-state index contributed by atoms with van der Waals surface area (Å²) in [5, 5.41) is 217. The van der Waals surface area contributed by atoms with E-state index in [9.17, 15) is 126 Å². The summed E-state index contributed by atoms with van der Waals surface area (Å²) >= 11 is 0. The Morgan fingerprint density at radius 2 is 1.02 bits per heavy atom. The van der Waals surface area contributed by atoms with Gasteiger partial charge in [0.15, 0.2) is 43.8 Å². The number of ether oxygens (including phenoxy) is 13. The fourth-order valence-electron chi connectivity index (χ4n) is 13.4. The molecule has 104 heavy (non-hydrogen) atoms. The van der Waals surface area contributed by atoms with Gasteiger partial charge in [-0.2, -0.15) is 0 Å². The van der Waals surface area contributed by atoms with Crippen molar-refractivity contribution in [1.82, 2.24) is 21.3 Å². The number of benzene rings is 2. The van der Waals surface area contributed by atoms with Crippen molar-refractivity contribution in [2.75, 3.05) is 46.2 Å². The fraction of sp³-hybridized carbons (Fsp3) is 0.710. The third kappa shape index (κ3) is 17.9. The molecule has 584 valence electrons. The third-order valence-electron chi connectivity index (χ3n) is 18.6.